The van der Waals surface area contributed by atoms with Crippen LogP contribution in [0.2, 0.25) is 0 Å². The molecule has 0 aromatic carbocycles. The average Bonchev–Trinajstić information content (AvgIpc) is 1.80. The van der Waals surface area contributed by atoms with E-state index in [2.05, 4.69) is 6.92 Å². The van der Waals surface area contributed by atoms with E-state index in [-0.39, 0.29) is 6.02 Å². The van der Waals surface area contributed by atoms with Crippen molar-refractivity contribution >= 4 is 6.02 Å². The first kappa shape index (κ1) is 8.27. The standard InChI is InChI=1S/C6H14N2O/c1-2-3-4-5-9-6(7)8/h2-5H2,1H3,(H3,7,8)/p+1. The van der Waals surface area contributed by atoms with Gasteiger partial charge in [-0.05, 0) is 6.42 Å². The van der Waals surface area contributed by atoms with Gasteiger partial charge in [0, 0.05) is 0 Å². The summed E-state index contributed by atoms with van der Waals surface area (Å²) in [4.78, 5) is 0. The first-order chi connectivity index (χ1) is 4.27. The Bertz CT molecular complexity index is 83.1. The molecule has 0 saturated carbocycles. The fraction of sp³-hybridized carbons (Fsp3) is 0.833. The Balaban J connectivity index is 2.83. The molecule has 0 saturated heterocycles. The van der Waals surface area contributed by atoms with Crippen LogP contribution in [0.1, 0.15) is 26.2 Å². The molecule has 3 heteroatoms. The lowest BCUT2D eigenvalue weighted by Crippen LogP contribution is -2.47. The average molecular weight is 131 g/mol. The second-order valence-corrected chi connectivity index (χ2v) is 1.96. The van der Waals surface area contributed by atoms with Crippen molar-refractivity contribution in [2.45, 2.75) is 26.2 Å². The molecule has 3 nitrogen and oxygen atoms in total. The van der Waals surface area contributed by atoms with E-state index >= 15 is 0 Å². The number of rotatable bonds is 4. The first-order valence-electron chi connectivity index (χ1n) is 3.28. The molecule has 0 bridgehead atoms. The Morgan fingerprint density at radius 2 is 2.22 bits per heavy atom. The van der Waals surface area contributed by atoms with Gasteiger partial charge in [0.05, 0.1) is 6.61 Å². The summed E-state index contributed by atoms with van der Waals surface area (Å²) < 4.78 is 4.82. The second kappa shape index (κ2) is 5.41. The summed E-state index contributed by atoms with van der Waals surface area (Å²) in [6, 6.07) is 0.0751. The topological polar surface area (TPSA) is 60.8 Å². The Labute approximate surface area is 55.7 Å². The summed E-state index contributed by atoms with van der Waals surface area (Å²) in [6.45, 7) is 2.78. The van der Waals surface area contributed by atoms with Crippen LogP contribution < -0.4 is 11.1 Å². The second-order valence-electron chi connectivity index (χ2n) is 1.96. The number of nitrogens with two attached hydrogens (primary N) is 2. The highest BCUT2D eigenvalue weighted by molar-refractivity contribution is 5.63. The van der Waals surface area contributed by atoms with Gasteiger partial charge >= 0.3 is 6.02 Å². The van der Waals surface area contributed by atoms with E-state index in [1.807, 2.05) is 0 Å². The maximum absolute atomic E-state index is 5.05. The van der Waals surface area contributed by atoms with Crippen molar-refractivity contribution in [3.63, 3.8) is 0 Å². The SMILES string of the molecule is CCCCCOC(N)=[NH2+]. The van der Waals surface area contributed by atoms with Gasteiger partial charge < -0.3 is 4.74 Å². The molecule has 9 heavy (non-hydrogen) atoms. The molecule has 0 aromatic rings. The lowest BCUT2D eigenvalue weighted by molar-refractivity contribution is -0.142. The van der Waals surface area contributed by atoms with E-state index in [9.17, 15) is 0 Å². The predicted molar refractivity (Wildman–Crippen MR) is 36.6 cm³/mol. The Morgan fingerprint density at radius 3 is 2.67 bits per heavy atom. The van der Waals surface area contributed by atoms with Crippen molar-refractivity contribution < 1.29 is 10.1 Å². The zero-order valence-electron chi connectivity index (χ0n) is 5.89. The van der Waals surface area contributed by atoms with Crippen LogP contribution >= 0.6 is 0 Å². The third-order valence-corrected chi connectivity index (χ3v) is 1.02. The van der Waals surface area contributed by atoms with Crippen LogP contribution in [-0.2, 0) is 4.74 Å². The van der Waals surface area contributed by atoms with Gasteiger partial charge in [0.2, 0.25) is 0 Å². The minimum absolute atomic E-state index is 0.0751. The molecule has 0 rings (SSSR count). The number of hydrogen-bond donors (Lipinski definition) is 2. The molecule has 0 heterocycles. The Hall–Kier alpha value is -0.730. The molecule has 0 atom stereocenters. The molecule has 0 amide bonds. The fourth-order valence-corrected chi connectivity index (χ4v) is 0.542. The quantitative estimate of drug-likeness (QED) is 0.300. The molecule has 0 aliphatic rings. The van der Waals surface area contributed by atoms with Crippen molar-refractivity contribution in [2.24, 2.45) is 5.73 Å². The van der Waals surface area contributed by atoms with Crippen LogP contribution in [0.25, 0.3) is 0 Å². The zero-order valence-corrected chi connectivity index (χ0v) is 5.89. The predicted octanol–water partition coefficient (Wildman–Crippen LogP) is -0.733. The van der Waals surface area contributed by atoms with E-state index in [0.29, 0.717) is 6.61 Å². The molecule has 0 unspecified atom stereocenters. The molecule has 0 aliphatic carbocycles. The highest BCUT2D eigenvalue weighted by Gasteiger charge is 1.92. The van der Waals surface area contributed by atoms with Crippen LogP contribution in [0.4, 0.5) is 0 Å². The van der Waals surface area contributed by atoms with Gasteiger partial charge in [-0.15, -0.1) is 0 Å². The summed E-state index contributed by atoms with van der Waals surface area (Å²) >= 11 is 0. The number of hydrogen-bond acceptors (Lipinski definition) is 1. The lowest BCUT2D eigenvalue weighted by Gasteiger charge is -1.96. The molecule has 54 valence electrons. The van der Waals surface area contributed by atoms with Gasteiger partial charge in [-0.1, -0.05) is 19.8 Å². The van der Waals surface area contributed by atoms with Crippen molar-refractivity contribution in [3.05, 3.63) is 0 Å². The molecule has 0 aromatic heterocycles. The van der Waals surface area contributed by atoms with Gasteiger partial charge in [0.1, 0.15) is 0 Å². The van der Waals surface area contributed by atoms with E-state index in [0.717, 1.165) is 6.42 Å². The zero-order chi connectivity index (χ0) is 7.11. The van der Waals surface area contributed by atoms with E-state index in [4.69, 9.17) is 15.9 Å². The summed E-state index contributed by atoms with van der Waals surface area (Å²) in [5, 5.41) is 5.05. The third kappa shape index (κ3) is 7.27. The number of unbranched alkanes of at least 4 members (excludes halogenated alkanes) is 2. The van der Waals surface area contributed by atoms with E-state index in [1.54, 1.807) is 0 Å². The smallest absolute Gasteiger partial charge is 0.432 e. The van der Waals surface area contributed by atoms with Gasteiger partial charge in [-0.3, -0.25) is 11.1 Å². The summed E-state index contributed by atoms with van der Waals surface area (Å²) in [5.41, 5.74) is 5.05. The van der Waals surface area contributed by atoms with Crippen LogP contribution in [0, 0.1) is 0 Å². The summed E-state index contributed by atoms with van der Waals surface area (Å²) in [5.74, 6) is 0. The van der Waals surface area contributed by atoms with E-state index in [1.165, 1.54) is 12.8 Å². The number of amidine groups is 1. The summed E-state index contributed by atoms with van der Waals surface area (Å²) in [7, 11) is 0. The van der Waals surface area contributed by atoms with Crippen LogP contribution in [0.3, 0.4) is 0 Å². The van der Waals surface area contributed by atoms with E-state index < -0.39 is 0 Å². The van der Waals surface area contributed by atoms with Gasteiger partial charge in [0.25, 0.3) is 0 Å². The Kier molecular flexibility index (Phi) is 4.97. The molecular weight excluding hydrogens is 116 g/mol. The minimum atomic E-state index is 0.0751. The monoisotopic (exact) mass is 131 g/mol. The third-order valence-electron chi connectivity index (χ3n) is 1.02. The Morgan fingerprint density at radius 1 is 1.56 bits per heavy atom. The van der Waals surface area contributed by atoms with Crippen molar-refractivity contribution in [2.75, 3.05) is 6.61 Å². The van der Waals surface area contributed by atoms with Crippen molar-refractivity contribution in [3.8, 4) is 0 Å². The molecule has 0 radical (unpaired) electrons. The van der Waals surface area contributed by atoms with Gasteiger partial charge in [0.15, 0.2) is 0 Å². The molecule has 0 fully saturated rings. The molecule has 0 spiro atoms. The molecular formula is C6H15N2O+. The van der Waals surface area contributed by atoms with Crippen molar-refractivity contribution in [1.29, 1.82) is 0 Å². The summed E-state index contributed by atoms with van der Waals surface area (Å²) in [6.07, 6.45) is 3.40. The maximum atomic E-state index is 5.05. The molecule has 4 N–H and O–H groups in total. The van der Waals surface area contributed by atoms with Gasteiger partial charge in [-0.2, -0.15) is 0 Å². The van der Waals surface area contributed by atoms with Crippen LogP contribution in [0.5, 0.6) is 0 Å². The first-order valence-corrected chi connectivity index (χ1v) is 3.28. The lowest BCUT2D eigenvalue weighted by atomic mass is 10.3. The number of ether oxygens (including phenoxy) is 1. The van der Waals surface area contributed by atoms with Crippen LogP contribution in [-0.4, -0.2) is 12.6 Å². The highest BCUT2D eigenvalue weighted by atomic mass is 16.5. The minimum Gasteiger partial charge on any atom is -0.432 e. The largest absolute Gasteiger partial charge is 0.437 e. The molecule has 0 aliphatic heterocycles. The normalized spacial score (nSPS) is 9.00. The van der Waals surface area contributed by atoms with Gasteiger partial charge in [-0.25, -0.2) is 0 Å². The maximum Gasteiger partial charge on any atom is 0.437 e. The van der Waals surface area contributed by atoms with Crippen LogP contribution in [0.15, 0.2) is 0 Å². The van der Waals surface area contributed by atoms with Crippen molar-refractivity contribution in [1.82, 2.24) is 0 Å². The highest BCUT2D eigenvalue weighted by Crippen LogP contribution is 1.92. The fourth-order valence-electron chi connectivity index (χ4n) is 0.542.